The molecule has 2 N–H and O–H groups in total. The lowest BCUT2D eigenvalue weighted by Gasteiger charge is -2.06. The third-order valence-electron chi connectivity index (χ3n) is 2.20. The van der Waals surface area contributed by atoms with Gasteiger partial charge in [0.25, 0.3) is 0 Å². The van der Waals surface area contributed by atoms with Crippen LogP contribution in [0.4, 0.5) is 0 Å². The van der Waals surface area contributed by atoms with Crippen LogP contribution in [0.5, 0.6) is 0 Å². The summed E-state index contributed by atoms with van der Waals surface area (Å²) in [7, 11) is 0. The molecule has 1 aromatic carbocycles. The molecule has 2 rings (SSSR count). The van der Waals surface area contributed by atoms with Gasteiger partial charge in [-0.25, -0.2) is 9.97 Å². The van der Waals surface area contributed by atoms with E-state index in [1.165, 1.54) is 0 Å². The van der Waals surface area contributed by atoms with Crippen molar-refractivity contribution in [2.24, 2.45) is 5.73 Å². The second kappa shape index (κ2) is 4.72. The zero-order valence-corrected chi connectivity index (χ0v) is 10.5. The molecule has 0 aliphatic rings. The van der Waals surface area contributed by atoms with E-state index in [1.807, 2.05) is 37.3 Å². The fourth-order valence-corrected chi connectivity index (χ4v) is 1.80. The minimum atomic E-state index is -0.146. The molecule has 0 aliphatic carbocycles. The first-order valence-corrected chi connectivity index (χ1v) is 5.80. The standard InChI is InChI=1S/C12H12BrN3/c1-8(14)12-15-6-5-11(16-12)9-3-2-4-10(13)7-9/h2-8H,14H2,1H3. The van der Waals surface area contributed by atoms with Gasteiger partial charge in [0.05, 0.1) is 11.7 Å². The average molecular weight is 278 g/mol. The Morgan fingerprint density at radius 3 is 2.81 bits per heavy atom. The van der Waals surface area contributed by atoms with E-state index < -0.39 is 0 Å². The Hall–Kier alpha value is -1.26. The summed E-state index contributed by atoms with van der Waals surface area (Å²) in [5, 5.41) is 0. The predicted octanol–water partition coefficient (Wildman–Crippen LogP) is 2.93. The third-order valence-corrected chi connectivity index (χ3v) is 2.70. The van der Waals surface area contributed by atoms with Crippen LogP contribution < -0.4 is 5.73 Å². The molecular weight excluding hydrogens is 266 g/mol. The van der Waals surface area contributed by atoms with E-state index in [1.54, 1.807) is 6.20 Å². The van der Waals surface area contributed by atoms with E-state index in [0.29, 0.717) is 5.82 Å². The van der Waals surface area contributed by atoms with Crippen molar-refractivity contribution < 1.29 is 0 Å². The number of rotatable bonds is 2. The smallest absolute Gasteiger partial charge is 0.145 e. The molecule has 0 spiro atoms. The Balaban J connectivity index is 2.44. The van der Waals surface area contributed by atoms with Crippen LogP contribution in [-0.4, -0.2) is 9.97 Å². The quantitative estimate of drug-likeness (QED) is 0.918. The van der Waals surface area contributed by atoms with Gasteiger partial charge in [-0.3, -0.25) is 0 Å². The number of nitrogens with two attached hydrogens (primary N) is 1. The lowest BCUT2D eigenvalue weighted by atomic mass is 10.1. The fourth-order valence-electron chi connectivity index (χ4n) is 1.40. The third kappa shape index (κ3) is 2.46. The lowest BCUT2D eigenvalue weighted by Crippen LogP contribution is -2.09. The summed E-state index contributed by atoms with van der Waals surface area (Å²) in [5.74, 6) is 0.664. The minimum Gasteiger partial charge on any atom is -0.322 e. The molecule has 3 nitrogen and oxygen atoms in total. The summed E-state index contributed by atoms with van der Waals surface area (Å²) >= 11 is 3.44. The van der Waals surface area contributed by atoms with Crippen LogP contribution in [-0.2, 0) is 0 Å². The van der Waals surface area contributed by atoms with E-state index in [2.05, 4.69) is 25.9 Å². The molecule has 4 heteroatoms. The Kier molecular flexibility index (Phi) is 3.31. The second-order valence-electron chi connectivity index (χ2n) is 3.60. The van der Waals surface area contributed by atoms with Crippen molar-refractivity contribution in [3.05, 3.63) is 46.8 Å². The van der Waals surface area contributed by atoms with Crippen molar-refractivity contribution >= 4 is 15.9 Å². The van der Waals surface area contributed by atoms with Crippen molar-refractivity contribution in [2.45, 2.75) is 13.0 Å². The van der Waals surface area contributed by atoms with Crippen LogP contribution in [0.15, 0.2) is 41.0 Å². The van der Waals surface area contributed by atoms with Gasteiger partial charge in [-0.15, -0.1) is 0 Å². The van der Waals surface area contributed by atoms with Crippen molar-refractivity contribution in [3.63, 3.8) is 0 Å². The Morgan fingerprint density at radius 1 is 1.31 bits per heavy atom. The molecule has 0 aliphatic heterocycles. The van der Waals surface area contributed by atoms with Crippen molar-refractivity contribution in [1.82, 2.24) is 9.97 Å². The Bertz CT molecular complexity index is 497. The van der Waals surface area contributed by atoms with Crippen LogP contribution in [0.3, 0.4) is 0 Å². The van der Waals surface area contributed by atoms with Crippen molar-refractivity contribution in [3.8, 4) is 11.3 Å². The summed E-state index contributed by atoms with van der Waals surface area (Å²) in [6, 6.07) is 9.73. The number of aromatic nitrogens is 2. The predicted molar refractivity (Wildman–Crippen MR) is 67.8 cm³/mol. The summed E-state index contributed by atoms with van der Waals surface area (Å²) in [6.45, 7) is 1.88. The first kappa shape index (κ1) is 11.2. The van der Waals surface area contributed by atoms with Crippen LogP contribution in [0.25, 0.3) is 11.3 Å². The summed E-state index contributed by atoms with van der Waals surface area (Å²) in [4.78, 5) is 8.57. The number of hydrogen-bond donors (Lipinski definition) is 1. The van der Waals surface area contributed by atoms with E-state index in [4.69, 9.17) is 5.73 Å². The van der Waals surface area contributed by atoms with Crippen LogP contribution in [0.1, 0.15) is 18.8 Å². The zero-order chi connectivity index (χ0) is 11.5. The minimum absolute atomic E-state index is 0.146. The number of nitrogens with zero attached hydrogens (tertiary/aromatic N) is 2. The van der Waals surface area contributed by atoms with Crippen LogP contribution in [0, 0.1) is 0 Å². The molecule has 0 bridgehead atoms. The summed E-state index contributed by atoms with van der Waals surface area (Å²) < 4.78 is 1.03. The van der Waals surface area contributed by atoms with Gasteiger partial charge in [0.2, 0.25) is 0 Å². The average Bonchev–Trinajstić information content (AvgIpc) is 2.29. The molecule has 2 aromatic rings. The van der Waals surface area contributed by atoms with Gasteiger partial charge in [-0.1, -0.05) is 28.1 Å². The first-order chi connectivity index (χ1) is 7.66. The monoisotopic (exact) mass is 277 g/mol. The van der Waals surface area contributed by atoms with Gasteiger partial charge < -0.3 is 5.73 Å². The largest absolute Gasteiger partial charge is 0.322 e. The van der Waals surface area contributed by atoms with Gasteiger partial charge in [0.15, 0.2) is 0 Å². The zero-order valence-electron chi connectivity index (χ0n) is 8.89. The molecule has 0 fully saturated rings. The highest BCUT2D eigenvalue weighted by Gasteiger charge is 2.05. The highest BCUT2D eigenvalue weighted by molar-refractivity contribution is 9.10. The maximum Gasteiger partial charge on any atom is 0.145 e. The molecular formula is C12H12BrN3. The number of hydrogen-bond acceptors (Lipinski definition) is 3. The number of halogens is 1. The lowest BCUT2D eigenvalue weighted by molar-refractivity contribution is 0.741. The SMILES string of the molecule is CC(N)c1nccc(-c2cccc(Br)c2)n1. The molecule has 0 radical (unpaired) electrons. The van der Waals surface area contributed by atoms with Crippen molar-refractivity contribution in [2.75, 3.05) is 0 Å². The van der Waals surface area contributed by atoms with Gasteiger partial charge in [-0.05, 0) is 25.1 Å². The molecule has 0 amide bonds. The number of benzene rings is 1. The molecule has 1 unspecified atom stereocenters. The van der Waals surface area contributed by atoms with Crippen molar-refractivity contribution in [1.29, 1.82) is 0 Å². The van der Waals surface area contributed by atoms with Crippen LogP contribution in [0.2, 0.25) is 0 Å². The van der Waals surface area contributed by atoms with E-state index in [-0.39, 0.29) is 6.04 Å². The first-order valence-electron chi connectivity index (χ1n) is 5.01. The molecule has 0 saturated carbocycles. The Labute approximate surface area is 103 Å². The summed E-state index contributed by atoms with van der Waals surface area (Å²) in [5.41, 5.74) is 7.70. The van der Waals surface area contributed by atoms with E-state index in [0.717, 1.165) is 15.7 Å². The van der Waals surface area contributed by atoms with Gasteiger partial charge in [-0.2, -0.15) is 0 Å². The van der Waals surface area contributed by atoms with E-state index in [9.17, 15) is 0 Å². The maximum atomic E-state index is 5.76. The summed E-state index contributed by atoms with van der Waals surface area (Å²) in [6.07, 6.45) is 1.74. The van der Waals surface area contributed by atoms with Crippen LogP contribution >= 0.6 is 15.9 Å². The molecule has 16 heavy (non-hydrogen) atoms. The Morgan fingerprint density at radius 2 is 2.12 bits per heavy atom. The van der Waals surface area contributed by atoms with E-state index >= 15 is 0 Å². The van der Waals surface area contributed by atoms with Gasteiger partial charge >= 0.3 is 0 Å². The highest BCUT2D eigenvalue weighted by atomic mass is 79.9. The molecule has 0 saturated heterocycles. The molecule has 1 aromatic heterocycles. The molecule has 1 atom stereocenters. The molecule has 82 valence electrons. The highest BCUT2D eigenvalue weighted by Crippen LogP contribution is 2.21. The maximum absolute atomic E-state index is 5.76. The fraction of sp³-hybridized carbons (Fsp3) is 0.167. The van der Waals surface area contributed by atoms with Gasteiger partial charge in [0.1, 0.15) is 5.82 Å². The topological polar surface area (TPSA) is 51.8 Å². The second-order valence-corrected chi connectivity index (χ2v) is 4.51. The normalized spacial score (nSPS) is 12.4. The van der Waals surface area contributed by atoms with Gasteiger partial charge in [0, 0.05) is 16.2 Å². The molecule has 1 heterocycles.